The molecule has 1 aliphatic rings. The van der Waals surface area contributed by atoms with E-state index in [1.165, 1.54) is 22.5 Å². The van der Waals surface area contributed by atoms with Gasteiger partial charge in [0, 0.05) is 30.8 Å². The molecule has 0 aliphatic carbocycles. The molecule has 6 nitrogen and oxygen atoms in total. The average molecular weight is 460 g/mol. The summed E-state index contributed by atoms with van der Waals surface area (Å²) >= 11 is 1.49. The number of carbonyl (C=O) groups is 1. The Kier molecular flexibility index (Phi) is 5.98. The molecule has 1 aromatic heterocycles. The zero-order valence-electron chi connectivity index (χ0n) is 18.7. The molecule has 5 rings (SSSR count). The Morgan fingerprint density at radius 1 is 0.939 bits per heavy atom. The van der Waals surface area contributed by atoms with E-state index in [2.05, 4.69) is 17.0 Å². The molecule has 0 fully saturated rings. The van der Waals surface area contributed by atoms with Crippen LogP contribution in [-0.2, 0) is 6.42 Å². The van der Waals surface area contributed by atoms with E-state index in [0.29, 0.717) is 23.0 Å². The molecule has 0 saturated heterocycles. The van der Waals surface area contributed by atoms with E-state index >= 15 is 0 Å². The van der Waals surface area contributed by atoms with Gasteiger partial charge in [0.25, 0.3) is 5.91 Å². The Morgan fingerprint density at radius 3 is 2.36 bits per heavy atom. The second-order valence-corrected chi connectivity index (χ2v) is 9.30. The van der Waals surface area contributed by atoms with Crippen molar-refractivity contribution in [3.8, 4) is 11.5 Å². The third-order valence-electron chi connectivity index (χ3n) is 5.57. The number of amides is 1. The maximum Gasteiger partial charge on any atom is 0.260 e. The number of thiazole rings is 1. The summed E-state index contributed by atoms with van der Waals surface area (Å²) in [6, 6.07) is 22.0. The average Bonchev–Trinajstić information content (AvgIpc) is 3.44. The van der Waals surface area contributed by atoms with Crippen LogP contribution in [-0.4, -0.2) is 49.8 Å². The predicted octanol–water partition coefficient (Wildman–Crippen LogP) is 4.82. The Morgan fingerprint density at radius 2 is 1.64 bits per heavy atom. The first kappa shape index (κ1) is 21.4. The molecular formula is C26H25N3O3S. The number of nitrogens with zero attached hydrogens (tertiary/aromatic N) is 3. The zero-order chi connectivity index (χ0) is 22.8. The number of ether oxygens (including phenoxy) is 2. The lowest BCUT2D eigenvalue weighted by Gasteiger charge is -2.22. The lowest BCUT2D eigenvalue weighted by molar-refractivity contribution is 0.0985. The van der Waals surface area contributed by atoms with Crippen LogP contribution in [0.4, 0.5) is 5.13 Å². The van der Waals surface area contributed by atoms with Crippen LogP contribution in [0.15, 0.2) is 66.7 Å². The number of anilines is 1. The SMILES string of the molecule is CN(C)CCN(C(=O)c1ccc(Cc2ccccc2)cc1)c1nc2cc3c(cc2s1)OCO3. The van der Waals surface area contributed by atoms with E-state index in [1.807, 2.05) is 68.7 Å². The van der Waals surface area contributed by atoms with Gasteiger partial charge in [-0.25, -0.2) is 4.98 Å². The second kappa shape index (κ2) is 9.21. The summed E-state index contributed by atoms with van der Waals surface area (Å²) in [7, 11) is 4.00. The van der Waals surface area contributed by atoms with Crippen molar-refractivity contribution in [2.45, 2.75) is 6.42 Å². The topological polar surface area (TPSA) is 54.9 Å². The molecule has 0 saturated carbocycles. The summed E-state index contributed by atoms with van der Waals surface area (Å²) in [6.45, 7) is 1.51. The van der Waals surface area contributed by atoms with E-state index in [9.17, 15) is 4.79 Å². The maximum absolute atomic E-state index is 13.5. The number of aromatic nitrogens is 1. The molecule has 0 spiro atoms. The Bertz CT molecular complexity index is 1230. The van der Waals surface area contributed by atoms with Gasteiger partial charge in [-0.15, -0.1) is 0 Å². The fraction of sp³-hybridized carbons (Fsp3) is 0.231. The van der Waals surface area contributed by atoms with Crippen LogP contribution in [0, 0.1) is 0 Å². The summed E-state index contributed by atoms with van der Waals surface area (Å²) in [5.74, 6) is 1.36. The normalized spacial score (nSPS) is 12.5. The number of hydrogen-bond acceptors (Lipinski definition) is 6. The van der Waals surface area contributed by atoms with Gasteiger partial charge in [-0.05, 0) is 43.8 Å². The van der Waals surface area contributed by atoms with Gasteiger partial charge in [0.15, 0.2) is 16.6 Å². The molecule has 0 atom stereocenters. The second-order valence-electron chi connectivity index (χ2n) is 8.29. The van der Waals surface area contributed by atoms with Crippen LogP contribution >= 0.6 is 11.3 Å². The molecule has 1 aliphatic heterocycles. The third-order valence-corrected chi connectivity index (χ3v) is 6.61. The minimum Gasteiger partial charge on any atom is -0.454 e. The largest absolute Gasteiger partial charge is 0.454 e. The molecule has 33 heavy (non-hydrogen) atoms. The highest BCUT2D eigenvalue weighted by molar-refractivity contribution is 7.22. The lowest BCUT2D eigenvalue weighted by atomic mass is 10.0. The van der Waals surface area contributed by atoms with E-state index in [-0.39, 0.29) is 12.7 Å². The van der Waals surface area contributed by atoms with Crippen molar-refractivity contribution >= 4 is 32.6 Å². The number of rotatable bonds is 7. The summed E-state index contributed by atoms with van der Waals surface area (Å²) in [5.41, 5.74) is 3.88. The highest BCUT2D eigenvalue weighted by atomic mass is 32.1. The van der Waals surface area contributed by atoms with Crippen LogP contribution < -0.4 is 14.4 Å². The van der Waals surface area contributed by atoms with Gasteiger partial charge in [0.2, 0.25) is 6.79 Å². The van der Waals surface area contributed by atoms with Gasteiger partial charge in [0.1, 0.15) is 0 Å². The van der Waals surface area contributed by atoms with Crippen molar-refractivity contribution in [2.24, 2.45) is 0 Å². The van der Waals surface area contributed by atoms with Gasteiger partial charge in [-0.3, -0.25) is 9.69 Å². The van der Waals surface area contributed by atoms with Crippen LogP contribution in [0.1, 0.15) is 21.5 Å². The van der Waals surface area contributed by atoms with Crippen molar-refractivity contribution in [2.75, 3.05) is 38.9 Å². The van der Waals surface area contributed by atoms with E-state index < -0.39 is 0 Å². The van der Waals surface area contributed by atoms with Crippen molar-refractivity contribution in [3.63, 3.8) is 0 Å². The van der Waals surface area contributed by atoms with Crippen LogP contribution in [0.2, 0.25) is 0 Å². The fourth-order valence-corrected chi connectivity index (χ4v) is 4.76. The van der Waals surface area contributed by atoms with E-state index in [1.54, 1.807) is 4.90 Å². The van der Waals surface area contributed by atoms with Crippen LogP contribution in [0.3, 0.4) is 0 Å². The third kappa shape index (κ3) is 4.69. The van der Waals surface area contributed by atoms with E-state index in [4.69, 9.17) is 14.5 Å². The molecular weight excluding hydrogens is 434 g/mol. The molecule has 2 heterocycles. The van der Waals surface area contributed by atoms with Crippen molar-refractivity contribution in [1.29, 1.82) is 0 Å². The van der Waals surface area contributed by atoms with Gasteiger partial charge in [0.05, 0.1) is 10.2 Å². The van der Waals surface area contributed by atoms with Gasteiger partial charge < -0.3 is 14.4 Å². The van der Waals surface area contributed by atoms with Crippen molar-refractivity contribution in [1.82, 2.24) is 9.88 Å². The first-order valence-corrected chi connectivity index (χ1v) is 11.7. The van der Waals surface area contributed by atoms with Crippen molar-refractivity contribution < 1.29 is 14.3 Å². The van der Waals surface area contributed by atoms with Gasteiger partial charge >= 0.3 is 0 Å². The van der Waals surface area contributed by atoms with Crippen LogP contribution in [0.25, 0.3) is 10.2 Å². The van der Waals surface area contributed by atoms with E-state index in [0.717, 1.165) is 28.9 Å². The first-order valence-electron chi connectivity index (χ1n) is 10.9. The number of carbonyl (C=O) groups excluding carboxylic acids is 1. The van der Waals surface area contributed by atoms with Gasteiger partial charge in [-0.1, -0.05) is 53.8 Å². The predicted molar refractivity (Wildman–Crippen MR) is 132 cm³/mol. The Labute approximate surface area is 197 Å². The molecule has 0 N–H and O–H groups in total. The molecule has 0 bridgehead atoms. The fourth-order valence-electron chi connectivity index (χ4n) is 3.76. The molecule has 0 radical (unpaired) electrons. The number of benzene rings is 3. The van der Waals surface area contributed by atoms with Gasteiger partial charge in [-0.2, -0.15) is 0 Å². The summed E-state index contributed by atoms with van der Waals surface area (Å²) in [5, 5.41) is 0.675. The molecule has 168 valence electrons. The molecule has 4 aromatic rings. The Balaban J connectivity index is 1.41. The van der Waals surface area contributed by atoms with Crippen molar-refractivity contribution in [3.05, 3.63) is 83.4 Å². The number of likely N-dealkylation sites (N-methyl/N-ethyl adjacent to an activating group) is 1. The van der Waals surface area contributed by atoms with Crippen LogP contribution in [0.5, 0.6) is 11.5 Å². The summed E-state index contributed by atoms with van der Waals surface area (Å²) in [4.78, 5) is 22.1. The zero-order valence-corrected chi connectivity index (χ0v) is 19.5. The highest BCUT2D eigenvalue weighted by Crippen LogP contribution is 2.40. The quantitative estimate of drug-likeness (QED) is 0.396. The number of fused-ring (bicyclic) bond motifs is 2. The maximum atomic E-state index is 13.5. The minimum atomic E-state index is -0.0535. The Hall–Kier alpha value is -3.42. The summed E-state index contributed by atoms with van der Waals surface area (Å²) < 4.78 is 11.9. The molecule has 1 amide bonds. The molecule has 3 aromatic carbocycles. The summed E-state index contributed by atoms with van der Waals surface area (Å²) in [6.07, 6.45) is 0.840. The smallest absolute Gasteiger partial charge is 0.260 e. The first-order chi connectivity index (χ1) is 16.1. The highest BCUT2D eigenvalue weighted by Gasteiger charge is 2.23. The molecule has 7 heteroatoms. The minimum absolute atomic E-state index is 0.0535. The lowest BCUT2D eigenvalue weighted by Crippen LogP contribution is -2.36. The molecule has 0 unspecified atom stereocenters. The standard InChI is InChI=1S/C26H25N3O3S/c1-28(2)12-13-29(26-27-21-15-22-23(32-17-31-22)16-24(21)33-26)25(30)20-10-8-19(9-11-20)14-18-6-4-3-5-7-18/h3-11,15-16H,12-14,17H2,1-2H3. The number of hydrogen-bond donors (Lipinski definition) is 0. The monoisotopic (exact) mass is 459 g/mol.